The molecule has 1 amide bonds. The SMILES string of the molecule is COc1cccc(C(=O)NCc2ccc(S(=O)(=O)N3CCC(NCC(O)CO)CC3)s2)c1. The molecular formula is C21H29N3O6S2. The standard InChI is InChI=1S/C21H29N3O6S2/c1-30-18-4-2-3-15(11-18)21(27)23-13-19-5-6-20(31-19)32(28,29)24-9-7-16(8-10-24)22-12-17(26)14-25/h2-6,11,16-17,22,25-26H,7-10,12-14H2,1H3,(H,23,27). The highest BCUT2D eigenvalue weighted by atomic mass is 32.2. The van der Waals surface area contributed by atoms with Crippen molar-refractivity contribution in [1.29, 1.82) is 0 Å². The molecule has 176 valence electrons. The van der Waals surface area contributed by atoms with E-state index in [1.54, 1.807) is 36.4 Å². The summed E-state index contributed by atoms with van der Waals surface area (Å²) in [6.45, 7) is 0.976. The molecule has 1 unspecified atom stereocenters. The number of carbonyl (C=O) groups excluding carboxylic acids is 1. The number of nitrogens with one attached hydrogen (secondary N) is 2. The van der Waals surface area contributed by atoms with Crippen LogP contribution in [0.1, 0.15) is 28.1 Å². The molecule has 1 saturated heterocycles. The van der Waals surface area contributed by atoms with Gasteiger partial charge in [-0.25, -0.2) is 8.42 Å². The summed E-state index contributed by atoms with van der Waals surface area (Å²) in [7, 11) is -2.06. The predicted octanol–water partition coefficient (Wildman–Crippen LogP) is 0.783. The third-order valence-electron chi connectivity index (χ3n) is 5.29. The molecule has 1 aliphatic heterocycles. The second-order valence-electron chi connectivity index (χ2n) is 7.56. The number of piperidine rings is 1. The van der Waals surface area contributed by atoms with E-state index in [9.17, 15) is 18.3 Å². The topological polar surface area (TPSA) is 128 Å². The first-order valence-electron chi connectivity index (χ1n) is 10.4. The number of thiophene rings is 1. The average molecular weight is 484 g/mol. The van der Waals surface area contributed by atoms with Crippen LogP contribution in [-0.4, -0.2) is 74.3 Å². The van der Waals surface area contributed by atoms with Crippen LogP contribution in [0.25, 0.3) is 0 Å². The second kappa shape index (κ2) is 11.2. The highest BCUT2D eigenvalue weighted by Gasteiger charge is 2.30. The van der Waals surface area contributed by atoms with E-state index in [4.69, 9.17) is 9.84 Å². The maximum Gasteiger partial charge on any atom is 0.252 e. The Morgan fingerprint density at radius 2 is 2.03 bits per heavy atom. The molecule has 3 rings (SSSR count). The van der Waals surface area contributed by atoms with E-state index in [0.29, 0.717) is 37.2 Å². The molecule has 0 saturated carbocycles. The van der Waals surface area contributed by atoms with Crippen molar-refractivity contribution < 1.29 is 28.2 Å². The van der Waals surface area contributed by atoms with E-state index >= 15 is 0 Å². The molecule has 0 spiro atoms. The molecule has 1 fully saturated rings. The van der Waals surface area contributed by atoms with Gasteiger partial charge in [-0.05, 0) is 43.2 Å². The fourth-order valence-electron chi connectivity index (χ4n) is 3.42. The van der Waals surface area contributed by atoms with Crippen LogP contribution >= 0.6 is 11.3 Å². The number of aliphatic hydroxyl groups excluding tert-OH is 2. The minimum Gasteiger partial charge on any atom is -0.497 e. The third-order valence-corrected chi connectivity index (χ3v) is 8.74. The molecule has 4 N–H and O–H groups in total. The van der Waals surface area contributed by atoms with E-state index in [-0.39, 0.29) is 35.9 Å². The number of ether oxygens (including phenoxy) is 1. The molecule has 0 aliphatic carbocycles. The molecule has 0 radical (unpaired) electrons. The minimum absolute atomic E-state index is 0.105. The van der Waals surface area contributed by atoms with Gasteiger partial charge in [-0.15, -0.1) is 11.3 Å². The first-order valence-corrected chi connectivity index (χ1v) is 12.6. The molecule has 2 heterocycles. The highest BCUT2D eigenvalue weighted by molar-refractivity contribution is 7.91. The van der Waals surface area contributed by atoms with Gasteiger partial charge in [-0.2, -0.15) is 4.31 Å². The zero-order chi connectivity index (χ0) is 23.1. The van der Waals surface area contributed by atoms with Gasteiger partial charge in [-0.1, -0.05) is 6.07 Å². The molecule has 11 heteroatoms. The molecule has 0 bridgehead atoms. The lowest BCUT2D eigenvalue weighted by Crippen LogP contribution is -2.46. The highest BCUT2D eigenvalue weighted by Crippen LogP contribution is 2.27. The Morgan fingerprint density at radius 3 is 2.72 bits per heavy atom. The first kappa shape index (κ1) is 24.6. The van der Waals surface area contributed by atoms with Crippen molar-refractivity contribution in [2.24, 2.45) is 0 Å². The van der Waals surface area contributed by atoms with Gasteiger partial charge in [0.05, 0.1) is 26.4 Å². The molecular weight excluding hydrogens is 454 g/mol. The second-order valence-corrected chi connectivity index (χ2v) is 10.9. The zero-order valence-electron chi connectivity index (χ0n) is 17.9. The maximum atomic E-state index is 13.0. The number of rotatable bonds is 10. The lowest BCUT2D eigenvalue weighted by atomic mass is 10.1. The Morgan fingerprint density at radius 1 is 1.28 bits per heavy atom. The van der Waals surface area contributed by atoms with E-state index in [1.165, 1.54) is 11.4 Å². The maximum absolute atomic E-state index is 13.0. The number of nitrogens with zero attached hydrogens (tertiary/aromatic N) is 1. The van der Waals surface area contributed by atoms with Gasteiger partial charge in [0.15, 0.2) is 0 Å². The summed E-state index contributed by atoms with van der Waals surface area (Å²) in [5.74, 6) is 0.327. The fraction of sp³-hybridized carbons (Fsp3) is 0.476. The Labute approximate surface area is 192 Å². The van der Waals surface area contributed by atoms with Gasteiger partial charge in [0.2, 0.25) is 0 Å². The predicted molar refractivity (Wildman–Crippen MR) is 121 cm³/mol. The van der Waals surface area contributed by atoms with Gasteiger partial charge in [0, 0.05) is 36.1 Å². The lowest BCUT2D eigenvalue weighted by molar-refractivity contribution is 0.0897. The van der Waals surface area contributed by atoms with Gasteiger partial charge < -0.3 is 25.6 Å². The number of hydrogen-bond acceptors (Lipinski definition) is 8. The van der Waals surface area contributed by atoms with Crippen LogP contribution in [0, 0.1) is 0 Å². The van der Waals surface area contributed by atoms with E-state index in [0.717, 1.165) is 16.2 Å². The van der Waals surface area contributed by atoms with Crippen LogP contribution in [0.5, 0.6) is 5.75 Å². The number of carbonyl (C=O) groups is 1. The first-order chi connectivity index (χ1) is 15.3. The molecule has 2 aromatic rings. The van der Waals surface area contributed by atoms with Gasteiger partial charge in [0.25, 0.3) is 15.9 Å². The zero-order valence-corrected chi connectivity index (χ0v) is 19.5. The molecule has 32 heavy (non-hydrogen) atoms. The monoisotopic (exact) mass is 483 g/mol. The summed E-state index contributed by atoms with van der Waals surface area (Å²) in [6.07, 6.45) is 0.448. The van der Waals surface area contributed by atoms with E-state index in [2.05, 4.69) is 10.6 Å². The summed E-state index contributed by atoms with van der Waals surface area (Å²) < 4.78 is 32.8. The summed E-state index contributed by atoms with van der Waals surface area (Å²) >= 11 is 1.15. The summed E-state index contributed by atoms with van der Waals surface area (Å²) in [6, 6.07) is 10.2. The number of aliphatic hydroxyl groups is 2. The lowest BCUT2D eigenvalue weighted by Gasteiger charge is -2.31. The Balaban J connectivity index is 1.53. The van der Waals surface area contributed by atoms with Crippen molar-refractivity contribution in [2.45, 2.75) is 35.7 Å². The van der Waals surface area contributed by atoms with Crippen molar-refractivity contribution in [2.75, 3.05) is 33.4 Å². The minimum atomic E-state index is -3.59. The van der Waals surface area contributed by atoms with Crippen LogP contribution in [0.4, 0.5) is 0 Å². The summed E-state index contributed by atoms with van der Waals surface area (Å²) in [5, 5.41) is 24.3. The van der Waals surface area contributed by atoms with Crippen molar-refractivity contribution >= 4 is 27.3 Å². The average Bonchev–Trinajstić information content (AvgIpc) is 3.31. The molecule has 1 aromatic carbocycles. The van der Waals surface area contributed by atoms with Crippen LogP contribution in [0.15, 0.2) is 40.6 Å². The largest absolute Gasteiger partial charge is 0.497 e. The van der Waals surface area contributed by atoms with Crippen LogP contribution < -0.4 is 15.4 Å². The quantitative estimate of drug-likeness (QED) is 0.393. The number of hydrogen-bond donors (Lipinski definition) is 4. The Kier molecular flexibility index (Phi) is 8.63. The van der Waals surface area contributed by atoms with E-state index < -0.39 is 16.1 Å². The van der Waals surface area contributed by atoms with Crippen LogP contribution in [-0.2, 0) is 16.6 Å². The summed E-state index contributed by atoms with van der Waals surface area (Å²) in [5.41, 5.74) is 0.469. The number of benzene rings is 1. The van der Waals surface area contributed by atoms with Crippen LogP contribution in [0.2, 0.25) is 0 Å². The van der Waals surface area contributed by atoms with Crippen molar-refractivity contribution in [1.82, 2.24) is 14.9 Å². The van der Waals surface area contributed by atoms with Crippen LogP contribution in [0.3, 0.4) is 0 Å². The van der Waals surface area contributed by atoms with Crippen molar-refractivity contribution in [3.63, 3.8) is 0 Å². The smallest absolute Gasteiger partial charge is 0.252 e. The molecule has 1 aromatic heterocycles. The number of amides is 1. The number of sulfonamides is 1. The Bertz CT molecular complexity index is 1000. The van der Waals surface area contributed by atoms with Gasteiger partial charge >= 0.3 is 0 Å². The fourth-order valence-corrected chi connectivity index (χ4v) is 6.34. The Hall–Kier alpha value is -2.02. The molecule has 9 nitrogen and oxygen atoms in total. The van der Waals surface area contributed by atoms with Gasteiger partial charge in [0.1, 0.15) is 9.96 Å². The molecule has 1 atom stereocenters. The normalized spacial score (nSPS) is 16.6. The van der Waals surface area contributed by atoms with Gasteiger partial charge in [-0.3, -0.25) is 4.79 Å². The van der Waals surface area contributed by atoms with E-state index in [1.807, 2.05) is 0 Å². The van der Waals surface area contributed by atoms with Crippen molar-refractivity contribution in [3.05, 3.63) is 46.8 Å². The van der Waals surface area contributed by atoms with Crippen molar-refractivity contribution in [3.8, 4) is 5.75 Å². The molecule has 1 aliphatic rings. The number of methoxy groups -OCH3 is 1. The summed E-state index contributed by atoms with van der Waals surface area (Å²) in [4.78, 5) is 13.1. The third kappa shape index (κ3) is 6.27.